The Labute approximate surface area is 354 Å². The van der Waals surface area contributed by atoms with Gasteiger partial charge in [0, 0.05) is 12.8 Å². The van der Waals surface area contributed by atoms with Crippen LogP contribution in [0.4, 0.5) is 0 Å². The first kappa shape index (κ1) is 55.3. The second-order valence-corrected chi connectivity index (χ2v) is 17.1. The molecule has 0 saturated carbocycles. The molecule has 0 aliphatic rings. The molecule has 0 aliphatic carbocycles. The van der Waals surface area contributed by atoms with Crippen LogP contribution in [0.15, 0.2) is 24.3 Å². The molecule has 2 atom stereocenters. The Morgan fingerprint density at radius 2 is 0.825 bits per heavy atom. The highest BCUT2D eigenvalue weighted by Crippen LogP contribution is 2.15. The monoisotopic (exact) mass is 804 g/mol. The predicted molar refractivity (Wildman–Crippen MR) is 246 cm³/mol. The van der Waals surface area contributed by atoms with Crippen LogP contribution >= 0.6 is 0 Å². The van der Waals surface area contributed by atoms with E-state index in [9.17, 15) is 19.8 Å². The molecule has 0 radical (unpaired) electrons. The molecule has 0 fully saturated rings. The molecule has 336 valence electrons. The average molecular weight is 804 g/mol. The van der Waals surface area contributed by atoms with Crippen molar-refractivity contribution in [1.29, 1.82) is 0 Å². The van der Waals surface area contributed by atoms with Crippen molar-refractivity contribution in [3.63, 3.8) is 0 Å². The molecule has 2 unspecified atom stereocenters. The lowest BCUT2D eigenvalue weighted by molar-refractivity contribution is -0.143. The second kappa shape index (κ2) is 47.0. The van der Waals surface area contributed by atoms with Gasteiger partial charge in [0.25, 0.3) is 0 Å². The van der Waals surface area contributed by atoms with Crippen LogP contribution in [-0.2, 0) is 14.3 Å². The maximum atomic E-state index is 12.4. The van der Waals surface area contributed by atoms with Gasteiger partial charge >= 0.3 is 5.97 Å². The lowest BCUT2D eigenvalue weighted by atomic mass is 10.0. The van der Waals surface area contributed by atoms with Crippen LogP contribution in [0.25, 0.3) is 0 Å². The van der Waals surface area contributed by atoms with Gasteiger partial charge < -0.3 is 20.3 Å². The highest BCUT2D eigenvalue weighted by atomic mass is 16.5. The van der Waals surface area contributed by atoms with Crippen molar-refractivity contribution < 1.29 is 24.5 Å². The van der Waals surface area contributed by atoms with Gasteiger partial charge in [0.05, 0.1) is 25.4 Å². The Morgan fingerprint density at radius 3 is 1.25 bits per heavy atom. The Morgan fingerprint density at radius 1 is 0.474 bits per heavy atom. The lowest BCUT2D eigenvalue weighted by Gasteiger charge is -2.20. The number of aliphatic hydroxyl groups excluding tert-OH is 2. The minimum absolute atomic E-state index is 0.00230. The van der Waals surface area contributed by atoms with Crippen LogP contribution in [0, 0.1) is 0 Å². The van der Waals surface area contributed by atoms with E-state index >= 15 is 0 Å². The van der Waals surface area contributed by atoms with E-state index in [2.05, 4.69) is 31.3 Å². The summed E-state index contributed by atoms with van der Waals surface area (Å²) < 4.78 is 5.46. The molecule has 0 saturated heterocycles. The standard InChI is InChI=1S/C51H97NO5/c1-3-5-7-9-11-13-15-16-22-25-29-33-37-41-45-51(56)57-46-42-38-34-30-26-23-20-18-17-19-21-24-28-32-36-40-44-50(55)52-48(47-53)49(54)43-39-35-31-27-14-12-10-8-6-4-2/h17,19,39,43,48-49,53-54H,3-16,18,20-38,40-42,44-47H2,1-2H3,(H,52,55)/b19-17-,43-39+. The zero-order valence-electron chi connectivity index (χ0n) is 38.1. The first-order valence-electron chi connectivity index (χ1n) is 25.1. The fourth-order valence-electron chi connectivity index (χ4n) is 7.57. The number of hydrogen-bond acceptors (Lipinski definition) is 5. The SMILES string of the molecule is CCCCCCCCCC/C=C/C(O)C(CO)NC(=O)CCCCCCC/C=C\CCCCCCCCCOC(=O)CCCCCCCCCCCCCCCC. The normalized spacial score (nSPS) is 12.8. The zero-order valence-corrected chi connectivity index (χ0v) is 38.1. The molecular formula is C51H97NO5. The Bertz CT molecular complexity index is 889. The van der Waals surface area contributed by atoms with Crippen LogP contribution in [0.1, 0.15) is 264 Å². The van der Waals surface area contributed by atoms with Crippen LogP contribution in [-0.4, -0.2) is 47.4 Å². The minimum Gasteiger partial charge on any atom is -0.466 e. The topological polar surface area (TPSA) is 95.9 Å². The first-order valence-corrected chi connectivity index (χ1v) is 25.1. The molecule has 0 rings (SSSR count). The van der Waals surface area contributed by atoms with E-state index in [4.69, 9.17) is 4.74 Å². The molecule has 0 spiro atoms. The van der Waals surface area contributed by atoms with Gasteiger partial charge in [0.2, 0.25) is 5.91 Å². The number of aliphatic hydroxyl groups is 2. The molecule has 0 aromatic rings. The maximum Gasteiger partial charge on any atom is 0.305 e. The number of esters is 1. The van der Waals surface area contributed by atoms with E-state index in [1.807, 2.05) is 6.08 Å². The lowest BCUT2D eigenvalue weighted by Crippen LogP contribution is -2.45. The summed E-state index contributed by atoms with van der Waals surface area (Å²) in [6.07, 6.45) is 54.6. The molecule has 0 aliphatic heterocycles. The number of rotatable bonds is 46. The summed E-state index contributed by atoms with van der Waals surface area (Å²) in [4.78, 5) is 24.4. The van der Waals surface area contributed by atoms with Gasteiger partial charge in [-0.3, -0.25) is 9.59 Å². The largest absolute Gasteiger partial charge is 0.466 e. The van der Waals surface area contributed by atoms with Crippen LogP contribution < -0.4 is 5.32 Å². The average Bonchev–Trinajstić information content (AvgIpc) is 3.21. The number of unbranched alkanes of at least 4 members (excludes halogenated alkanes) is 33. The summed E-state index contributed by atoms with van der Waals surface area (Å²) >= 11 is 0. The second-order valence-electron chi connectivity index (χ2n) is 17.1. The van der Waals surface area contributed by atoms with Crippen LogP contribution in [0.2, 0.25) is 0 Å². The van der Waals surface area contributed by atoms with Gasteiger partial charge in [-0.25, -0.2) is 0 Å². The Hall–Kier alpha value is -1.66. The van der Waals surface area contributed by atoms with Gasteiger partial charge in [-0.15, -0.1) is 0 Å². The van der Waals surface area contributed by atoms with Gasteiger partial charge in [0.15, 0.2) is 0 Å². The number of nitrogens with one attached hydrogen (secondary N) is 1. The van der Waals surface area contributed by atoms with Crippen molar-refractivity contribution in [3.05, 3.63) is 24.3 Å². The summed E-state index contributed by atoms with van der Waals surface area (Å²) in [5.41, 5.74) is 0. The quantitative estimate of drug-likeness (QED) is 0.0324. The van der Waals surface area contributed by atoms with Crippen molar-refractivity contribution in [2.75, 3.05) is 13.2 Å². The number of allylic oxidation sites excluding steroid dienone is 3. The first-order chi connectivity index (χ1) is 28.0. The predicted octanol–water partition coefficient (Wildman–Crippen LogP) is 14.7. The molecule has 0 aromatic carbocycles. The van der Waals surface area contributed by atoms with Gasteiger partial charge in [0.1, 0.15) is 0 Å². The third kappa shape index (κ3) is 43.7. The van der Waals surface area contributed by atoms with Gasteiger partial charge in [-0.05, 0) is 57.8 Å². The van der Waals surface area contributed by atoms with E-state index < -0.39 is 12.1 Å². The molecule has 3 N–H and O–H groups in total. The van der Waals surface area contributed by atoms with E-state index in [-0.39, 0.29) is 18.5 Å². The van der Waals surface area contributed by atoms with Gasteiger partial charge in [-0.2, -0.15) is 0 Å². The molecule has 0 heterocycles. The molecule has 0 bridgehead atoms. The van der Waals surface area contributed by atoms with Crippen LogP contribution in [0.3, 0.4) is 0 Å². The van der Waals surface area contributed by atoms with Crippen molar-refractivity contribution in [3.8, 4) is 0 Å². The number of ether oxygens (including phenoxy) is 1. The number of carbonyl (C=O) groups is 2. The summed E-state index contributed by atoms with van der Waals surface area (Å²) in [5, 5.41) is 22.9. The maximum absolute atomic E-state index is 12.4. The fraction of sp³-hybridized carbons (Fsp3) is 0.882. The Kier molecular flexibility index (Phi) is 45.7. The molecule has 0 aromatic heterocycles. The van der Waals surface area contributed by atoms with E-state index in [1.54, 1.807) is 6.08 Å². The number of amides is 1. The summed E-state index contributed by atoms with van der Waals surface area (Å²) in [6, 6.07) is -0.637. The minimum atomic E-state index is -0.852. The molecule has 1 amide bonds. The van der Waals surface area contributed by atoms with Crippen molar-refractivity contribution in [1.82, 2.24) is 5.32 Å². The third-order valence-electron chi connectivity index (χ3n) is 11.5. The summed E-state index contributed by atoms with van der Waals surface area (Å²) in [5.74, 6) is -0.0896. The summed E-state index contributed by atoms with van der Waals surface area (Å²) in [7, 11) is 0. The number of carbonyl (C=O) groups excluding carboxylic acids is 2. The number of hydrogen-bond donors (Lipinski definition) is 3. The molecule has 6 nitrogen and oxygen atoms in total. The highest BCUT2D eigenvalue weighted by molar-refractivity contribution is 5.76. The van der Waals surface area contributed by atoms with Crippen molar-refractivity contribution in [2.24, 2.45) is 0 Å². The van der Waals surface area contributed by atoms with Gasteiger partial charge in [-0.1, -0.05) is 218 Å². The van der Waals surface area contributed by atoms with E-state index in [0.29, 0.717) is 19.4 Å². The fourth-order valence-corrected chi connectivity index (χ4v) is 7.57. The van der Waals surface area contributed by atoms with Crippen LogP contribution in [0.5, 0.6) is 0 Å². The zero-order chi connectivity index (χ0) is 41.5. The molecule has 57 heavy (non-hydrogen) atoms. The third-order valence-corrected chi connectivity index (χ3v) is 11.5. The smallest absolute Gasteiger partial charge is 0.305 e. The molecular weight excluding hydrogens is 707 g/mol. The van der Waals surface area contributed by atoms with E-state index in [0.717, 1.165) is 64.2 Å². The highest BCUT2D eigenvalue weighted by Gasteiger charge is 2.18. The molecule has 6 heteroatoms. The Balaban J connectivity index is 3.47. The summed E-state index contributed by atoms with van der Waals surface area (Å²) in [6.45, 7) is 4.86. The van der Waals surface area contributed by atoms with Crippen molar-refractivity contribution >= 4 is 11.9 Å². The van der Waals surface area contributed by atoms with Crippen molar-refractivity contribution in [2.45, 2.75) is 276 Å². The van der Waals surface area contributed by atoms with E-state index in [1.165, 1.54) is 173 Å².